The van der Waals surface area contributed by atoms with Crippen molar-refractivity contribution in [3.05, 3.63) is 34.9 Å². The third-order valence-electron chi connectivity index (χ3n) is 3.29. The predicted octanol–water partition coefficient (Wildman–Crippen LogP) is 1.68. The minimum atomic E-state index is -0.772. The molecule has 1 heterocycles. The van der Waals surface area contributed by atoms with Crippen LogP contribution in [0.25, 0.3) is 0 Å². The fraction of sp³-hybridized carbons (Fsp3) is 0.500. The molecule has 0 radical (unpaired) electrons. The number of nitrogens with zero attached hydrogens (tertiary/aromatic N) is 1. The van der Waals surface area contributed by atoms with Crippen LogP contribution in [0.1, 0.15) is 12.5 Å². The standard InChI is InChI=1S/C14H19ClN2O2/c1-14(10-17(2)6-7-19-14)13(18)16-9-11-4-3-5-12(15)8-11/h3-5,8H,6-7,9-10H2,1-2H3,(H,16,18)/t14-/m0/s1. The zero-order valence-corrected chi connectivity index (χ0v) is 12.0. The second kappa shape index (κ2) is 5.90. The van der Waals surface area contributed by atoms with Gasteiger partial charge in [0.2, 0.25) is 0 Å². The average Bonchev–Trinajstić information content (AvgIpc) is 2.35. The zero-order valence-electron chi connectivity index (χ0n) is 11.3. The zero-order chi connectivity index (χ0) is 13.9. The fourth-order valence-corrected chi connectivity index (χ4v) is 2.43. The highest BCUT2D eigenvalue weighted by molar-refractivity contribution is 6.30. The third kappa shape index (κ3) is 3.69. The van der Waals surface area contributed by atoms with Crippen molar-refractivity contribution in [3.8, 4) is 0 Å². The van der Waals surface area contributed by atoms with E-state index in [9.17, 15) is 4.79 Å². The van der Waals surface area contributed by atoms with E-state index in [4.69, 9.17) is 16.3 Å². The molecular formula is C14H19ClN2O2. The van der Waals surface area contributed by atoms with E-state index in [1.54, 1.807) is 0 Å². The van der Waals surface area contributed by atoms with Gasteiger partial charge >= 0.3 is 0 Å². The summed E-state index contributed by atoms with van der Waals surface area (Å²) < 4.78 is 5.63. The van der Waals surface area contributed by atoms with Gasteiger partial charge in [0.1, 0.15) is 0 Å². The summed E-state index contributed by atoms with van der Waals surface area (Å²) >= 11 is 5.91. The molecule has 4 nitrogen and oxygen atoms in total. The molecule has 1 aromatic carbocycles. The van der Waals surface area contributed by atoms with Crippen molar-refractivity contribution in [2.75, 3.05) is 26.7 Å². The van der Waals surface area contributed by atoms with Crippen molar-refractivity contribution in [1.82, 2.24) is 10.2 Å². The number of likely N-dealkylation sites (N-methyl/N-ethyl adjacent to an activating group) is 1. The summed E-state index contributed by atoms with van der Waals surface area (Å²) in [6.07, 6.45) is 0. The Morgan fingerprint density at radius 1 is 1.58 bits per heavy atom. The Kier molecular flexibility index (Phi) is 4.45. The second-order valence-corrected chi connectivity index (χ2v) is 5.57. The molecule has 2 rings (SSSR count). The Morgan fingerprint density at radius 3 is 3.05 bits per heavy atom. The molecule has 0 aromatic heterocycles. The van der Waals surface area contributed by atoms with Crippen LogP contribution in [0.4, 0.5) is 0 Å². The maximum absolute atomic E-state index is 12.2. The average molecular weight is 283 g/mol. The molecule has 1 amide bonds. The number of halogens is 1. The van der Waals surface area contributed by atoms with Gasteiger partial charge < -0.3 is 15.0 Å². The molecule has 0 aliphatic carbocycles. The van der Waals surface area contributed by atoms with Crippen molar-refractivity contribution in [2.24, 2.45) is 0 Å². The number of morpholine rings is 1. The number of benzene rings is 1. The quantitative estimate of drug-likeness (QED) is 0.917. The van der Waals surface area contributed by atoms with Gasteiger partial charge in [0.15, 0.2) is 5.60 Å². The number of carbonyl (C=O) groups is 1. The normalized spacial score (nSPS) is 24.2. The van der Waals surface area contributed by atoms with Gasteiger partial charge in [0.25, 0.3) is 5.91 Å². The number of amides is 1. The van der Waals surface area contributed by atoms with Crippen LogP contribution in [0.15, 0.2) is 24.3 Å². The van der Waals surface area contributed by atoms with Gasteiger partial charge in [0.05, 0.1) is 6.61 Å². The van der Waals surface area contributed by atoms with Crippen molar-refractivity contribution in [1.29, 1.82) is 0 Å². The molecule has 0 unspecified atom stereocenters. The largest absolute Gasteiger partial charge is 0.363 e. The molecule has 1 atom stereocenters. The number of hydrogen-bond donors (Lipinski definition) is 1. The Hall–Kier alpha value is -1.10. The molecule has 0 saturated carbocycles. The van der Waals surface area contributed by atoms with E-state index in [1.165, 1.54) is 0 Å². The van der Waals surface area contributed by atoms with E-state index >= 15 is 0 Å². The summed E-state index contributed by atoms with van der Waals surface area (Å²) in [4.78, 5) is 14.3. The molecule has 1 N–H and O–H groups in total. The van der Waals surface area contributed by atoms with E-state index < -0.39 is 5.60 Å². The highest BCUT2D eigenvalue weighted by atomic mass is 35.5. The first kappa shape index (κ1) is 14.3. The van der Waals surface area contributed by atoms with E-state index in [2.05, 4.69) is 10.2 Å². The van der Waals surface area contributed by atoms with Crippen molar-refractivity contribution < 1.29 is 9.53 Å². The van der Waals surface area contributed by atoms with Crippen LogP contribution in [0.2, 0.25) is 5.02 Å². The molecule has 0 spiro atoms. The van der Waals surface area contributed by atoms with Crippen molar-refractivity contribution in [3.63, 3.8) is 0 Å². The second-order valence-electron chi connectivity index (χ2n) is 5.13. The number of rotatable bonds is 3. The number of carbonyl (C=O) groups excluding carboxylic acids is 1. The Bertz CT molecular complexity index is 467. The molecule has 1 aliphatic heterocycles. The number of hydrogen-bond acceptors (Lipinski definition) is 3. The van der Waals surface area contributed by atoms with E-state index in [0.717, 1.165) is 12.1 Å². The maximum atomic E-state index is 12.2. The molecule has 1 saturated heterocycles. The Morgan fingerprint density at radius 2 is 2.37 bits per heavy atom. The minimum Gasteiger partial charge on any atom is -0.363 e. The van der Waals surface area contributed by atoms with Crippen molar-refractivity contribution >= 4 is 17.5 Å². The van der Waals surface area contributed by atoms with E-state index in [-0.39, 0.29) is 5.91 Å². The van der Waals surface area contributed by atoms with Gasteiger partial charge in [-0.3, -0.25) is 4.79 Å². The maximum Gasteiger partial charge on any atom is 0.253 e. The smallest absolute Gasteiger partial charge is 0.253 e. The van der Waals surface area contributed by atoms with Crippen LogP contribution in [-0.2, 0) is 16.1 Å². The first-order valence-electron chi connectivity index (χ1n) is 6.35. The van der Waals surface area contributed by atoms with E-state index in [1.807, 2.05) is 38.2 Å². The van der Waals surface area contributed by atoms with Gasteiger partial charge in [-0.05, 0) is 31.7 Å². The molecule has 0 bridgehead atoms. The third-order valence-corrected chi connectivity index (χ3v) is 3.52. The van der Waals surface area contributed by atoms with Crippen LogP contribution < -0.4 is 5.32 Å². The van der Waals surface area contributed by atoms with Crippen LogP contribution >= 0.6 is 11.6 Å². The number of nitrogens with one attached hydrogen (secondary N) is 1. The summed E-state index contributed by atoms with van der Waals surface area (Å²) in [6.45, 7) is 4.33. The fourth-order valence-electron chi connectivity index (χ4n) is 2.22. The van der Waals surface area contributed by atoms with Crippen LogP contribution in [0.3, 0.4) is 0 Å². The van der Waals surface area contributed by atoms with Gasteiger partial charge in [0, 0.05) is 24.7 Å². The minimum absolute atomic E-state index is 0.0842. The molecule has 1 aliphatic rings. The monoisotopic (exact) mass is 282 g/mol. The molecule has 1 aromatic rings. The van der Waals surface area contributed by atoms with Crippen molar-refractivity contribution in [2.45, 2.75) is 19.1 Å². The molecule has 5 heteroatoms. The summed E-state index contributed by atoms with van der Waals surface area (Å²) in [7, 11) is 1.99. The molecule has 19 heavy (non-hydrogen) atoms. The SMILES string of the molecule is CN1CCO[C@](C)(C(=O)NCc2cccc(Cl)c2)C1. The lowest BCUT2D eigenvalue weighted by atomic mass is 10.0. The van der Waals surface area contributed by atoms with Gasteiger partial charge in [-0.1, -0.05) is 23.7 Å². The van der Waals surface area contributed by atoms with E-state index in [0.29, 0.717) is 24.7 Å². The Labute approximate surface area is 118 Å². The Balaban J connectivity index is 1.94. The molecular weight excluding hydrogens is 264 g/mol. The molecule has 104 valence electrons. The topological polar surface area (TPSA) is 41.6 Å². The highest BCUT2D eigenvalue weighted by Crippen LogP contribution is 2.17. The van der Waals surface area contributed by atoms with Gasteiger partial charge in [-0.25, -0.2) is 0 Å². The van der Waals surface area contributed by atoms with Crippen LogP contribution in [-0.4, -0.2) is 43.2 Å². The lowest BCUT2D eigenvalue weighted by Crippen LogP contribution is -2.57. The first-order valence-corrected chi connectivity index (χ1v) is 6.73. The molecule has 1 fully saturated rings. The lowest BCUT2D eigenvalue weighted by molar-refractivity contribution is -0.155. The summed E-state index contributed by atoms with van der Waals surface area (Å²) in [5, 5.41) is 3.58. The summed E-state index contributed by atoms with van der Waals surface area (Å²) in [5.41, 5.74) is 0.208. The van der Waals surface area contributed by atoms with Crippen LogP contribution in [0, 0.1) is 0 Å². The summed E-state index contributed by atoms with van der Waals surface area (Å²) in [5.74, 6) is -0.0842. The lowest BCUT2D eigenvalue weighted by Gasteiger charge is -2.37. The van der Waals surface area contributed by atoms with Gasteiger partial charge in [-0.15, -0.1) is 0 Å². The summed E-state index contributed by atoms with van der Waals surface area (Å²) in [6, 6.07) is 7.46. The first-order chi connectivity index (χ1) is 8.99. The van der Waals surface area contributed by atoms with Crippen LogP contribution in [0.5, 0.6) is 0 Å². The predicted molar refractivity (Wildman–Crippen MR) is 75.2 cm³/mol. The highest BCUT2D eigenvalue weighted by Gasteiger charge is 2.37. The van der Waals surface area contributed by atoms with Gasteiger partial charge in [-0.2, -0.15) is 0 Å². The number of ether oxygens (including phenoxy) is 1.